The minimum Gasteiger partial charge on any atom is -0.0622 e. The van der Waals surface area contributed by atoms with Gasteiger partial charge in [-0.05, 0) is 56.6 Å². The molecule has 0 radical (unpaired) electrons. The third kappa shape index (κ3) is 2.75. The van der Waals surface area contributed by atoms with Crippen LogP contribution in [0.15, 0.2) is 132 Å². The Morgan fingerprint density at radius 1 is 0.469 bits per heavy atom. The molecule has 152 valence electrons. The van der Waals surface area contributed by atoms with Crippen molar-refractivity contribution in [2.24, 2.45) is 0 Å². The molecule has 1 aliphatic rings. The number of fused-ring (bicyclic) bond motifs is 3. The lowest BCUT2D eigenvalue weighted by Gasteiger charge is -2.34. The molecule has 5 aromatic rings. The largest absolute Gasteiger partial charge is 0.0714 e. The van der Waals surface area contributed by atoms with Crippen molar-refractivity contribution in [2.75, 3.05) is 0 Å². The lowest BCUT2D eigenvalue weighted by atomic mass is 9.67. The molecule has 0 aromatic heterocycles. The van der Waals surface area contributed by atoms with Gasteiger partial charge in [-0.3, -0.25) is 0 Å². The van der Waals surface area contributed by atoms with E-state index in [9.17, 15) is 0 Å². The van der Waals surface area contributed by atoms with Gasteiger partial charge in [0, 0.05) is 4.47 Å². The van der Waals surface area contributed by atoms with E-state index in [1.165, 1.54) is 44.5 Å². The third-order valence-corrected chi connectivity index (χ3v) is 7.11. The second kappa shape index (κ2) is 7.62. The summed E-state index contributed by atoms with van der Waals surface area (Å²) in [6, 6.07) is 46.1. The first-order chi connectivity index (χ1) is 15.8. The Morgan fingerprint density at radius 2 is 1.06 bits per heavy atom. The molecule has 0 saturated heterocycles. The molecule has 0 amide bonds. The molecule has 5 aromatic carbocycles. The van der Waals surface area contributed by atoms with Gasteiger partial charge in [0.05, 0.1) is 5.41 Å². The zero-order valence-electron chi connectivity index (χ0n) is 17.5. The average Bonchev–Trinajstić information content (AvgIpc) is 3.17. The van der Waals surface area contributed by atoms with Gasteiger partial charge in [-0.15, -0.1) is 0 Å². The molecule has 0 aliphatic heterocycles. The second-order valence-electron chi connectivity index (χ2n) is 8.27. The van der Waals surface area contributed by atoms with Crippen molar-refractivity contribution in [3.8, 4) is 22.3 Å². The molecule has 32 heavy (non-hydrogen) atoms. The van der Waals surface area contributed by atoms with Crippen LogP contribution in [-0.2, 0) is 5.41 Å². The highest BCUT2D eigenvalue weighted by atomic mass is 79.9. The van der Waals surface area contributed by atoms with Crippen molar-refractivity contribution >= 4 is 15.9 Å². The van der Waals surface area contributed by atoms with E-state index in [0.717, 1.165) is 4.47 Å². The minimum absolute atomic E-state index is 0.373. The third-order valence-electron chi connectivity index (χ3n) is 6.62. The van der Waals surface area contributed by atoms with Crippen molar-refractivity contribution in [3.63, 3.8) is 0 Å². The number of rotatable bonds is 3. The van der Waals surface area contributed by atoms with Gasteiger partial charge in [-0.2, -0.15) is 0 Å². The maximum Gasteiger partial charge on any atom is 0.0714 e. The zero-order chi connectivity index (χ0) is 21.5. The summed E-state index contributed by atoms with van der Waals surface area (Å²) in [6.45, 7) is 0. The Bertz CT molecular complexity index is 1420. The maximum atomic E-state index is 3.74. The fourth-order valence-corrected chi connectivity index (χ4v) is 5.78. The van der Waals surface area contributed by atoms with E-state index in [2.05, 4.69) is 143 Å². The fourth-order valence-electron chi connectivity index (χ4n) is 5.39. The van der Waals surface area contributed by atoms with E-state index in [0.29, 0.717) is 0 Å². The highest BCUT2D eigenvalue weighted by molar-refractivity contribution is 9.10. The van der Waals surface area contributed by atoms with Gasteiger partial charge in [0.15, 0.2) is 0 Å². The quantitative estimate of drug-likeness (QED) is 0.242. The molecule has 0 heterocycles. The van der Waals surface area contributed by atoms with E-state index in [-0.39, 0.29) is 5.41 Å². The first kappa shape index (κ1) is 19.3. The van der Waals surface area contributed by atoms with Crippen LogP contribution in [0.2, 0.25) is 0 Å². The average molecular weight is 473 g/mol. The molecule has 0 bridgehead atoms. The van der Waals surface area contributed by atoms with Gasteiger partial charge in [0.25, 0.3) is 0 Å². The summed E-state index contributed by atoms with van der Waals surface area (Å²) >= 11 is 3.74. The molecule has 0 N–H and O–H groups in total. The van der Waals surface area contributed by atoms with Crippen LogP contribution in [0.5, 0.6) is 0 Å². The van der Waals surface area contributed by atoms with Crippen LogP contribution in [0.4, 0.5) is 0 Å². The monoisotopic (exact) mass is 472 g/mol. The van der Waals surface area contributed by atoms with E-state index < -0.39 is 0 Å². The lowest BCUT2D eigenvalue weighted by Crippen LogP contribution is -2.28. The van der Waals surface area contributed by atoms with Crippen molar-refractivity contribution < 1.29 is 0 Å². The molecular weight excluding hydrogens is 452 g/mol. The summed E-state index contributed by atoms with van der Waals surface area (Å²) in [6.07, 6.45) is 0. The van der Waals surface area contributed by atoms with Crippen LogP contribution < -0.4 is 0 Å². The summed E-state index contributed by atoms with van der Waals surface area (Å²) in [4.78, 5) is 0. The smallest absolute Gasteiger partial charge is 0.0622 e. The highest BCUT2D eigenvalue weighted by Crippen LogP contribution is 2.58. The number of hydrogen-bond donors (Lipinski definition) is 0. The van der Waals surface area contributed by atoms with Crippen LogP contribution in [0.25, 0.3) is 22.3 Å². The van der Waals surface area contributed by atoms with E-state index in [1.807, 2.05) is 0 Å². The number of hydrogen-bond acceptors (Lipinski definition) is 0. The molecule has 6 rings (SSSR count). The normalized spacial score (nSPS) is 16.4. The summed E-state index contributed by atoms with van der Waals surface area (Å²) in [5.41, 5.74) is 10.0. The predicted octanol–water partition coefficient (Wildman–Crippen LogP) is 8.48. The first-order valence-corrected chi connectivity index (χ1v) is 11.7. The summed E-state index contributed by atoms with van der Waals surface area (Å²) in [5.74, 6) is 0. The van der Waals surface area contributed by atoms with Crippen LogP contribution in [-0.4, -0.2) is 0 Å². The molecule has 1 atom stereocenters. The molecule has 1 unspecified atom stereocenters. The Labute approximate surface area is 197 Å². The Hall–Kier alpha value is -3.42. The van der Waals surface area contributed by atoms with Crippen molar-refractivity contribution in [3.05, 3.63) is 154 Å². The van der Waals surface area contributed by atoms with E-state index >= 15 is 0 Å². The van der Waals surface area contributed by atoms with E-state index in [1.54, 1.807) is 0 Å². The molecule has 0 nitrogen and oxygen atoms in total. The highest BCUT2D eigenvalue weighted by Gasteiger charge is 2.46. The van der Waals surface area contributed by atoms with Crippen molar-refractivity contribution in [1.29, 1.82) is 0 Å². The van der Waals surface area contributed by atoms with Gasteiger partial charge in [0.2, 0.25) is 0 Å². The lowest BCUT2D eigenvalue weighted by molar-refractivity contribution is 0.768. The SMILES string of the molecule is Brc1cccc(C2(c3ccccc3)c3ccccc3-c3c(-c4ccccc4)cccc32)c1. The number of benzene rings is 5. The van der Waals surface area contributed by atoms with Gasteiger partial charge in [-0.25, -0.2) is 0 Å². The predicted molar refractivity (Wildman–Crippen MR) is 137 cm³/mol. The topological polar surface area (TPSA) is 0 Å². The Morgan fingerprint density at radius 3 is 1.84 bits per heavy atom. The molecular formula is C31H21Br. The van der Waals surface area contributed by atoms with Gasteiger partial charge in [0.1, 0.15) is 0 Å². The molecule has 0 spiro atoms. The van der Waals surface area contributed by atoms with Gasteiger partial charge in [-0.1, -0.05) is 131 Å². The first-order valence-electron chi connectivity index (χ1n) is 10.9. The Kier molecular flexibility index (Phi) is 4.59. The van der Waals surface area contributed by atoms with Gasteiger partial charge >= 0.3 is 0 Å². The number of halogens is 1. The zero-order valence-corrected chi connectivity index (χ0v) is 19.1. The molecule has 0 fully saturated rings. The summed E-state index contributed by atoms with van der Waals surface area (Å²) < 4.78 is 1.09. The fraction of sp³-hybridized carbons (Fsp3) is 0.0323. The van der Waals surface area contributed by atoms with Crippen LogP contribution in [0.3, 0.4) is 0 Å². The van der Waals surface area contributed by atoms with Crippen LogP contribution in [0, 0.1) is 0 Å². The molecule has 1 heteroatoms. The maximum absolute atomic E-state index is 3.74. The van der Waals surface area contributed by atoms with Crippen molar-refractivity contribution in [1.82, 2.24) is 0 Å². The molecule has 0 saturated carbocycles. The second-order valence-corrected chi connectivity index (χ2v) is 9.18. The summed E-state index contributed by atoms with van der Waals surface area (Å²) in [7, 11) is 0. The van der Waals surface area contributed by atoms with Crippen molar-refractivity contribution in [2.45, 2.75) is 5.41 Å². The van der Waals surface area contributed by atoms with Gasteiger partial charge < -0.3 is 0 Å². The minimum atomic E-state index is -0.373. The standard InChI is InChI=1S/C31H21Br/c32-25-16-9-15-24(21-25)31(23-13-5-2-6-14-23)28-19-8-7-17-27(28)30-26(18-10-20-29(30)31)22-11-3-1-4-12-22/h1-21H. The molecule has 1 aliphatic carbocycles. The Balaban J connectivity index is 1.79. The van der Waals surface area contributed by atoms with E-state index in [4.69, 9.17) is 0 Å². The van der Waals surface area contributed by atoms with Crippen LogP contribution in [0.1, 0.15) is 22.3 Å². The van der Waals surface area contributed by atoms with Crippen LogP contribution >= 0.6 is 15.9 Å². The summed E-state index contributed by atoms with van der Waals surface area (Å²) in [5, 5.41) is 0.